The second-order valence-electron chi connectivity index (χ2n) is 3.37. The second kappa shape index (κ2) is 5.97. The van der Waals surface area contributed by atoms with Crippen LogP contribution in [0.5, 0.6) is 5.75 Å². The van der Waals surface area contributed by atoms with Gasteiger partial charge in [0, 0.05) is 11.6 Å². The van der Waals surface area contributed by atoms with Crippen LogP contribution >= 0.6 is 23.2 Å². The van der Waals surface area contributed by atoms with E-state index in [2.05, 4.69) is 5.32 Å². The van der Waals surface area contributed by atoms with Crippen LogP contribution in [0.2, 0.25) is 5.02 Å². The zero-order valence-corrected chi connectivity index (χ0v) is 10.7. The van der Waals surface area contributed by atoms with Gasteiger partial charge in [-0.15, -0.1) is 0 Å². The number of nitrogens with one attached hydrogen (secondary N) is 1. The topological polar surface area (TPSA) is 38.3 Å². The molecule has 3 nitrogen and oxygen atoms in total. The Morgan fingerprint density at radius 2 is 2.19 bits per heavy atom. The number of ether oxygens (including phenoxy) is 1. The third-order valence-corrected chi connectivity index (χ3v) is 2.53. The van der Waals surface area contributed by atoms with Gasteiger partial charge in [0.25, 0.3) is 0 Å². The molecule has 16 heavy (non-hydrogen) atoms. The molecule has 1 aromatic carbocycles. The number of methoxy groups -OCH3 is 1. The van der Waals surface area contributed by atoms with E-state index in [1.54, 1.807) is 7.11 Å². The lowest BCUT2D eigenvalue weighted by Crippen LogP contribution is -2.19. The van der Waals surface area contributed by atoms with Crippen LogP contribution in [0.15, 0.2) is 12.1 Å². The minimum atomic E-state index is -0.558. The summed E-state index contributed by atoms with van der Waals surface area (Å²) in [7, 11) is 1.61. The molecule has 1 N–H and O–H groups in total. The first kappa shape index (κ1) is 13.1. The largest absolute Gasteiger partial charge is 0.496 e. The predicted octanol–water partition coefficient (Wildman–Crippen LogP) is 3.15. The van der Waals surface area contributed by atoms with Crippen molar-refractivity contribution in [2.24, 2.45) is 0 Å². The van der Waals surface area contributed by atoms with E-state index in [9.17, 15) is 4.79 Å². The number of carbonyl (C=O) groups is 1. The van der Waals surface area contributed by atoms with E-state index in [-0.39, 0.29) is 0 Å². The lowest BCUT2D eigenvalue weighted by Gasteiger charge is -2.12. The SMILES string of the molecule is COc1c(C)cc(Cl)cc1CCNC(=O)Cl. The zero-order valence-electron chi connectivity index (χ0n) is 9.14. The average Bonchev–Trinajstić information content (AvgIpc) is 2.16. The summed E-state index contributed by atoms with van der Waals surface area (Å²) in [5.74, 6) is 0.799. The van der Waals surface area contributed by atoms with E-state index in [1.807, 2.05) is 19.1 Å². The summed E-state index contributed by atoms with van der Waals surface area (Å²) in [4.78, 5) is 10.5. The maximum Gasteiger partial charge on any atom is 0.313 e. The van der Waals surface area contributed by atoms with Gasteiger partial charge in [0.1, 0.15) is 5.75 Å². The van der Waals surface area contributed by atoms with Crippen LogP contribution < -0.4 is 10.1 Å². The fourth-order valence-electron chi connectivity index (χ4n) is 1.57. The molecule has 0 fully saturated rings. The van der Waals surface area contributed by atoms with E-state index in [4.69, 9.17) is 27.9 Å². The summed E-state index contributed by atoms with van der Waals surface area (Å²) in [5, 5.41) is 2.61. The highest BCUT2D eigenvalue weighted by molar-refractivity contribution is 6.62. The Balaban J connectivity index is 2.81. The fraction of sp³-hybridized carbons (Fsp3) is 0.364. The number of halogens is 2. The number of hydrogen-bond donors (Lipinski definition) is 1. The Kier molecular flexibility index (Phi) is 4.90. The van der Waals surface area contributed by atoms with E-state index in [0.717, 1.165) is 16.9 Å². The van der Waals surface area contributed by atoms with Crippen LogP contribution in [-0.4, -0.2) is 19.0 Å². The molecule has 0 saturated carbocycles. The number of carbonyl (C=O) groups excluding carboxylic acids is 1. The molecule has 0 aliphatic rings. The Morgan fingerprint density at radius 1 is 1.50 bits per heavy atom. The standard InChI is InChI=1S/C11H13Cl2NO2/c1-7-5-9(12)6-8(10(7)16-2)3-4-14-11(13)15/h5-6H,3-4H2,1-2H3,(H,14,15). The first-order chi connectivity index (χ1) is 7.54. The number of benzene rings is 1. The van der Waals surface area contributed by atoms with Gasteiger partial charge in [0.15, 0.2) is 0 Å². The van der Waals surface area contributed by atoms with Gasteiger partial charge in [-0.1, -0.05) is 11.6 Å². The highest BCUT2D eigenvalue weighted by atomic mass is 35.5. The fourth-order valence-corrected chi connectivity index (χ4v) is 1.96. The zero-order chi connectivity index (χ0) is 12.1. The van der Waals surface area contributed by atoms with Crippen LogP contribution in [0.4, 0.5) is 4.79 Å². The number of aryl methyl sites for hydroxylation is 1. The van der Waals surface area contributed by atoms with E-state index in [0.29, 0.717) is 18.0 Å². The third-order valence-electron chi connectivity index (χ3n) is 2.18. The molecule has 0 atom stereocenters. The number of amides is 1. The van der Waals surface area contributed by atoms with Crippen molar-refractivity contribution in [2.45, 2.75) is 13.3 Å². The van der Waals surface area contributed by atoms with Gasteiger partial charge in [-0.2, -0.15) is 0 Å². The molecule has 0 heterocycles. The van der Waals surface area contributed by atoms with Crippen molar-refractivity contribution in [3.05, 3.63) is 28.3 Å². The molecule has 1 rings (SSSR count). The molecular weight excluding hydrogens is 249 g/mol. The van der Waals surface area contributed by atoms with Crippen molar-refractivity contribution in [3.8, 4) is 5.75 Å². The summed E-state index contributed by atoms with van der Waals surface area (Å²) in [6.45, 7) is 2.38. The van der Waals surface area contributed by atoms with E-state index in [1.165, 1.54) is 0 Å². The van der Waals surface area contributed by atoms with Crippen molar-refractivity contribution >= 4 is 28.6 Å². The molecule has 0 radical (unpaired) electrons. The van der Waals surface area contributed by atoms with Gasteiger partial charge < -0.3 is 10.1 Å². The number of hydrogen-bond acceptors (Lipinski definition) is 2. The lowest BCUT2D eigenvalue weighted by atomic mass is 10.1. The second-order valence-corrected chi connectivity index (χ2v) is 4.15. The highest BCUT2D eigenvalue weighted by Gasteiger charge is 2.08. The smallest absolute Gasteiger partial charge is 0.313 e. The molecule has 1 amide bonds. The average molecular weight is 262 g/mol. The molecule has 0 saturated heterocycles. The van der Waals surface area contributed by atoms with Gasteiger partial charge in [0.2, 0.25) is 0 Å². The Labute approximate surface area is 105 Å². The molecule has 0 bridgehead atoms. The van der Waals surface area contributed by atoms with Crippen LogP contribution in [0.25, 0.3) is 0 Å². The van der Waals surface area contributed by atoms with Crippen molar-refractivity contribution in [1.82, 2.24) is 5.32 Å². The summed E-state index contributed by atoms with van der Waals surface area (Å²) < 4.78 is 5.28. The van der Waals surface area contributed by atoms with Crippen LogP contribution in [0.3, 0.4) is 0 Å². The van der Waals surface area contributed by atoms with Gasteiger partial charge in [-0.05, 0) is 48.2 Å². The Bertz CT molecular complexity index is 394. The van der Waals surface area contributed by atoms with Gasteiger partial charge in [0.05, 0.1) is 7.11 Å². The summed E-state index contributed by atoms with van der Waals surface area (Å²) in [5.41, 5.74) is 1.93. The van der Waals surface area contributed by atoms with Crippen molar-refractivity contribution in [1.29, 1.82) is 0 Å². The number of rotatable bonds is 4. The van der Waals surface area contributed by atoms with Crippen molar-refractivity contribution < 1.29 is 9.53 Å². The normalized spacial score (nSPS) is 10.0. The molecule has 1 aromatic rings. The summed E-state index contributed by atoms with van der Waals surface area (Å²) >= 11 is 11.1. The monoisotopic (exact) mass is 261 g/mol. The molecular formula is C11H13Cl2NO2. The predicted molar refractivity (Wildman–Crippen MR) is 65.7 cm³/mol. The minimum Gasteiger partial charge on any atom is -0.496 e. The highest BCUT2D eigenvalue weighted by Crippen LogP contribution is 2.27. The summed E-state index contributed by atoms with van der Waals surface area (Å²) in [6.07, 6.45) is 0.628. The molecule has 0 spiro atoms. The van der Waals surface area contributed by atoms with Crippen LogP contribution in [0.1, 0.15) is 11.1 Å². The van der Waals surface area contributed by atoms with Gasteiger partial charge in [-0.3, -0.25) is 4.79 Å². The molecule has 0 unspecified atom stereocenters. The lowest BCUT2D eigenvalue weighted by molar-refractivity contribution is 0.260. The van der Waals surface area contributed by atoms with Crippen molar-refractivity contribution in [3.63, 3.8) is 0 Å². The van der Waals surface area contributed by atoms with Crippen LogP contribution in [0, 0.1) is 6.92 Å². The van der Waals surface area contributed by atoms with Crippen molar-refractivity contribution in [2.75, 3.05) is 13.7 Å². The maximum absolute atomic E-state index is 10.5. The maximum atomic E-state index is 10.5. The minimum absolute atomic E-state index is 0.457. The molecule has 0 aromatic heterocycles. The molecule has 0 aliphatic carbocycles. The Hall–Kier alpha value is -0.930. The van der Waals surface area contributed by atoms with Crippen LogP contribution in [-0.2, 0) is 6.42 Å². The molecule has 0 aliphatic heterocycles. The molecule has 88 valence electrons. The summed E-state index contributed by atoms with van der Waals surface area (Å²) in [6, 6.07) is 3.66. The van der Waals surface area contributed by atoms with Gasteiger partial charge >= 0.3 is 5.37 Å². The first-order valence-corrected chi connectivity index (χ1v) is 5.56. The Morgan fingerprint density at radius 3 is 2.75 bits per heavy atom. The molecule has 5 heteroatoms. The van der Waals surface area contributed by atoms with E-state index < -0.39 is 5.37 Å². The van der Waals surface area contributed by atoms with E-state index >= 15 is 0 Å². The quantitative estimate of drug-likeness (QED) is 0.668. The third kappa shape index (κ3) is 3.58. The van der Waals surface area contributed by atoms with Gasteiger partial charge in [-0.25, -0.2) is 0 Å². The first-order valence-electron chi connectivity index (χ1n) is 4.81.